The van der Waals surface area contributed by atoms with Crippen LogP contribution in [0, 0.1) is 15.5 Å². The highest BCUT2D eigenvalue weighted by Crippen LogP contribution is 2.02. The van der Waals surface area contributed by atoms with E-state index in [0.29, 0.717) is 12.1 Å². The van der Waals surface area contributed by atoms with Gasteiger partial charge in [0.05, 0.1) is 0 Å². The lowest BCUT2D eigenvalue weighted by molar-refractivity contribution is -0.742. The van der Waals surface area contributed by atoms with Gasteiger partial charge in [-0.3, -0.25) is 5.41 Å². The number of nitrogens with zero attached hydrogens (tertiary/aromatic N) is 2. The van der Waals surface area contributed by atoms with Gasteiger partial charge < -0.3 is 15.8 Å². The van der Waals surface area contributed by atoms with Gasteiger partial charge in [0.2, 0.25) is 0 Å². The molecule has 0 aromatic carbocycles. The molecule has 0 spiro atoms. The highest BCUT2D eigenvalue weighted by Gasteiger charge is 2.13. The molecule has 0 saturated carbocycles. The summed E-state index contributed by atoms with van der Waals surface area (Å²) in [5, 5.41) is 20.9. The van der Waals surface area contributed by atoms with Crippen LogP contribution in [0.4, 0.5) is 0 Å². The van der Waals surface area contributed by atoms with Gasteiger partial charge in [0.1, 0.15) is 0 Å². The zero-order chi connectivity index (χ0) is 11.9. The van der Waals surface area contributed by atoms with E-state index in [4.69, 9.17) is 26.5 Å². The maximum absolute atomic E-state index is 8.36. The summed E-state index contributed by atoms with van der Waals surface area (Å²) in [5.74, 6) is 0.157. The summed E-state index contributed by atoms with van der Waals surface area (Å²) < 4.78 is 0. The van der Waals surface area contributed by atoms with Gasteiger partial charge in [-0.2, -0.15) is 0 Å². The van der Waals surface area contributed by atoms with Crippen LogP contribution in [0.15, 0.2) is 0 Å². The van der Waals surface area contributed by atoms with Crippen molar-refractivity contribution in [2.75, 3.05) is 0 Å². The van der Waals surface area contributed by atoms with Crippen LogP contribution in [-0.2, 0) is 0 Å². The van der Waals surface area contributed by atoms with Crippen molar-refractivity contribution >= 4 is 5.96 Å². The van der Waals surface area contributed by atoms with Crippen molar-refractivity contribution in [1.29, 1.82) is 5.41 Å². The fraction of sp³-hybridized carbons (Fsp3) is 0.857. The third-order valence-electron chi connectivity index (χ3n) is 1.39. The molecule has 0 aliphatic rings. The number of nitrogens with two attached hydrogens (primary N) is 1. The van der Waals surface area contributed by atoms with Gasteiger partial charge in [0.25, 0.3) is 5.09 Å². The Labute approximate surface area is 83.1 Å². The summed E-state index contributed by atoms with van der Waals surface area (Å²) in [6.45, 7) is 8.12. The fourth-order valence-electron chi connectivity index (χ4n) is 1.15. The van der Waals surface area contributed by atoms with Crippen molar-refractivity contribution in [2.45, 2.75) is 39.8 Å². The van der Waals surface area contributed by atoms with E-state index in [9.17, 15) is 0 Å². The van der Waals surface area contributed by atoms with Crippen LogP contribution < -0.4 is 5.73 Å². The average molecular weight is 206 g/mol. The summed E-state index contributed by atoms with van der Waals surface area (Å²) in [6.07, 6.45) is 0. The molecule has 0 aromatic heterocycles. The lowest BCUT2D eigenvalue weighted by atomic mass is 10.2. The third kappa shape index (κ3) is 8.57. The van der Waals surface area contributed by atoms with E-state index in [-0.39, 0.29) is 5.96 Å². The first kappa shape index (κ1) is 15.0. The maximum Gasteiger partial charge on any atom is 0.291 e. The molecule has 0 bridgehead atoms. The zero-order valence-electron chi connectivity index (χ0n) is 8.89. The molecule has 0 aliphatic heterocycles. The molecule has 0 rings (SSSR count). The van der Waals surface area contributed by atoms with Crippen molar-refractivity contribution in [1.82, 2.24) is 4.90 Å². The first-order valence-corrected chi connectivity index (χ1v) is 4.15. The van der Waals surface area contributed by atoms with Crippen LogP contribution in [0.5, 0.6) is 0 Å². The Bertz CT molecular complexity index is 181. The number of nitrogens with one attached hydrogen (secondary N) is 1. The van der Waals surface area contributed by atoms with Crippen LogP contribution in [0.3, 0.4) is 0 Å². The van der Waals surface area contributed by atoms with E-state index in [2.05, 4.69) is 0 Å². The molecule has 0 fully saturated rings. The first-order valence-electron chi connectivity index (χ1n) is 4.15. The summed E-state index contributed by atoms with van der Waals surface area (Å²) >= 11 is 0. The van der Waals surface area contributed by atoms with Gasteiger partial charge in [-0.05, 0) is 27.7 Å². The highest BCUT2D eigenvalue weighted by molar-refractivity contribution is 5.75. The summed E-state index contributed by atoms with van der Waals surface area (Å²) in [5.41, 5.74) is 5.35. The minimum Gasteiger partial charge on any atom is -0.370 e. The van der Waals surface area contributed by atoms with E-state index in [1.807, 2.05) is 32.6 Å². The summed E-state index contributed by atoms with van der Waals surface area (Å²) in [4.78, 5) is 10.2. The van der Waals surface area contributed by atoms with Crippen molar-refractivity contribution in [3.8, 4) is 0 Å². The predicted molar refractivity (Wildman–Crippen MR) is 52.8 cm³/mol. The molecule has 84 valence electrons. The SMILES string of the molecule is CC(C)N(C(=N)N)C(C)C.O=[N+]([O-])O. The Hall–Kier alpha value is -1.53. The standard InChI is InChI=1S/C7H17N3.HNO3/c1-5(2)10(6(3)4)7(8)9;2-1(3)4/h5-6H,1-4H3,(H3,8,9);(H,2,3,4). The minimum atomic E-state index is -1.50. The van der Waals surface area contributed by atoms with Crippen molar-refractivity contribution in [3.63, 3.8) is 0 Å². The normalized spacial score (nSPS) is 9.29. The van der Waals surface area contributed by atoms with E-state index < -0.39 is 5.09 Å². The second-order valence-electron chi connectivity index (χ2n) is 3.22. The Kier molecular flexibility index (Phi) is 7.41. The van der Waals surface area contributed by atoms with Crippen molar-refractivity contribution in [2.24, 2.45) is 5.73 Å². The lowest BCUT2D eigenvalue weighted by Gasteiger charge is -2.30. The molecule has 0 aliphatic carbocycles. The van der Waals surface area contributed by atoms with Gasteiger partial charge in [-0.15, -0.1) is 10.1 Å². The summed E-state index contributed by atoms with van der Waals surface area (Å²) in [7, 11) is 0. The van der Waals surface area contributed by atoms with Gasteiger partial charge in [0, 0.05) is 12.1 Å². The number of hydrogen-bond acceptors (Lipinski definition) is 3. The van der Waals surface area contributed by atoms with E-state index in [0.717, 1.165) is 0 Å². The molecular weight excluding hydrogens is 188 g/mol. The molecule has 0 amide bonds. The molecule has 0 unspecified atom stereocenters. The van der Waals surface area contributed by atoms with Gasteiger partial charge in [0.15, 0.2) is 5.96 Å². The second-order valence-corrected chi connectivity index (χ2v) is 3.22. The number of guanidine groups is 1. The molecular formula is C7H18N4O3. The second kappa shape index (κ2) is 6.93. The molecule has 0 radical (unpaired) electrons. The lowest BCUT2D eigenvalue weighted by Crippen LogP contribution is -2.45. The third-order valence-corrected chi connectivity index (χ3v) is 1.39. The molecule has 0 atom stereocenters. The van der Waals surface area contributed by atoms with E-state index in [1.54, 1.807) is 0 Å². The monoisotopic (exact) mass is 206 g/mol. The topological polar surface area (TPSA) is 116 Å². The number of hydrogen-bond donors (Lipinski definition) is 3. The Morgan fingerprint density at radius 1 is 1.43 bits per heavy atom. The van der Waals surface area contributed by atoms with Crippen LogP contribution in [0.25, 0.3) is 0 Å². The van der Waals surface area contributed by atoms with Crippen LogP contribution in [-0.4, -0.2) is 33.2 Å². The molecule has 14 heavy (non-hydrogen) atoms. The molecule has 0 heterocycles. The largest absolute Gasteiger partial charge is 0.370 e. The van der Waals surface area contributed by atoms with Crippen LogP contribution >= 0.6 is 0 Å². The zero-order valence-corrected chi connectivity index (χ0v) is 8.89. The van der Waals surface area contributed by atoms with Crippen molar-refractivity contribution in [3.05, 3.63) is 10.1 Å². The Morgan fingerprint density at radius 2 is 1.64 bits per heavy atom. The molecule has 7 nitrogen and oxygen atoms in total. The molecule has 7 heteroatoms. The van der Waals surface area contributed by atoms with Gasteiger partial charge in [-0.25, -0.2) is 0 Å². The quantitative estimate of drug-likeness (QED) is 0.265. The van der Waals surface area contributed by atoms with Gasteiger partial charge in [-0.1, -0.05) is 0 Å². The van der Waals surface area contributed by atoms with Crippen LogP contribution in [0.1, 0.15) is 27.7 Å². The first-order chi connectivity index (χ1) is 6.20. The maximum atomic E-state index is 8.36. The van der Waals surface area contributed by atoms with Gasteiger partial charge >= 0.3 is 0 Å². The molecule has 4 N–H and O–H groups in total. The Balaban J connectivity index is 0. The highest BCUT2D eigenvalue weighted by atomic mass is 16.9. The molecule has 0 aromatic rings. The predicted octanol–water partition coefficient (Wildman–Crippen LogP) is 0.651. The molecule has 0 saturated heterocycles. The fourth-order valence-corrected chi connectivity index (χ4v) is 1.15. The Morgan fingerprint density at radius 3 is 1.64 bits per heavy atom. The van der Waals surface area contributed by atoms with E-state index in [1.165, 1.54) is 0 Å². The van der Waals surface area contributed by atoms with Crippen molar-refractivity contribution < 1.29 is 10.3 Å². The van der Waals surface area contributed by atoms with E-state index >= 15 is 0 Å². The number of rotatable bonds is 2. The average Bonchev–Trinajstić information content (AvgIpc) is 1.80. The van der Waals surface area contributed by atoms with Crippen LogP contribution in [0.2, 0.25) is 0 Å². The smallest absolute Gasteiger partial charge is 0.291 e. The summed E-state index contributed by atoms with van der Waals surface area (Å²) in [6, 6.07) is 0.634. The minimum absolute atomic E-state index is 0.157.